The molecular weight excluding hydrogens is 264 g/mol. The Hall–Kier alpha value is -1.55. The van der Waals surface area contributed by atoms with Gasteiger partial charge in [0.25, 0.3) is 0 Å². The highest BCUT2D eigenvalue weighted by Crippen LogP contribution is 2.25. The number of anilines is 1. The Morgan fingerprint density at radius 3 is 2.86 bits per heavy atom. The number of benzene rings is 1. The van der Waals surface area contributed by atoms with E-state index in [0.717, 1.165) is 30.7 Å². The summed E-state index contributed by atoms with van der Waals surface area (Å²) in [7, 11) is 0. The fourth-order valence-electron chi connectivity index (χ4n) is 2.52. The third-order valence-corrected chi connectivity index (χ3v) is 3.65. The molecule has 1 aliphatic rings. The quantitative estimate of drug-likeness (QED) is 0.875. The highest BCUT2D eigenvalue weighted by Gasteiger charge is 2.24. The van der Waals surface area contributed by atoms with Gasteiger partial charge in [-0.15, -0.1) is 0 Å². The second kappa shape index (κ2) is 7.46. The number of hydrogen-bond acceptors (Lipinski definition) is 3. The molecule has 1 fully saturated rings. The molecule has 0 spiro atoms. The first kappa shape index (κ1) is 15.8. The molecule has 116 valence electrons. The summed E-state index contributed by atoms with van der Waals surface area (Å²) >= 11 is 0. The van der Waals surface area contributed by atoms with Crippen molar-refractivity contribution in [1.82, 2.24) is 5.32 Å². The van der Waals surface area contributed by atoms with Crippen molar-refractivity contribution in [3.63, 3.8) is 0 Å². The monoisotopic (exact) mass is 290 g/mol. The zero-order valence-corrected chi connectivity index (χ0v) is 13.2. The summed E-state index contributed by atoms with van der Waals surface area (Å²) in [6, 6.07) is 7.92. The van der Waals surface area contributed by atoms with Crippen LogP contribution in [0.4, 0.5) is 5.69 Å². The zero-order chi connectivity index (χ0) is 15.2. The first-order valence-electron chi connectivity index (χ1n) is 7.85. The third-order valence-electron chi connectivity index (χ3n) is 3.65. The minimum atomic E-state index is -0.105. The lowest BCUT2D eigenvalue weighted by atomic mass is 9.99. The molecule has 1 aromatic carbocycles. The Labute approximate surface area is 127 Å². The van der Waals surface area contributed by atoms with Gasteiger partial charge in [0.15, 0.2) is 0 Å². The van der Waals surface area contributed by atoms with Gasteiger partial charge >= 0.3 is 0 Å². The Morgan fingerprint density at radius 1 is 1.38 bits per heavy atom. The molecule has 1 amide bonds. The van der Waals surface area contributed by atoms with E-state index in [0.29, 0.717) is 18.6 Å². The molecule has 2 unspecified atom stereocenters. The van der Waals surface area contributed by atoms with Crippen LogP contribution in [-0.4, -0.2) is 24.6 Å². The summed E-state index contributed by atoms with van der Waals surface area (Å²) in [6.07, 6.45) is 3.13. The Balaban J connectivity index is 1.99. The fraction of sp³-hybridized carbons (Fsp3) is 0.588. The maximum absolute atomic E-state index is 12.4. The van der Waals surface area contributed by atoms with Crippen LogP contribution in [0.2, 0.25) is 0 Å². The highest BCUT2D eigenvalue weighted by molar-refractivity contribution is 5.96. The minimum absolute atomic E-state index is 0.0298. The van der Waals surface area contributed by atoms with Gasteiger partial charge in [0.2, 0.25) is 5.91 Å². The number of piperidine rings is 1. The van der Waals surface area contributed by atoms with E-state index in [1.54, 1.807) is 0 Å². The molecular formula is C17H26N2O2. The van der Waals surface area contributed by atoms with Crippen molar-refractivity contribution in [2.45, 2.75) is 52.1 Å². The number of para-hydroxylation sites is 2. The van der Waals surface area contributed by atoms with Gasteiger partial charge in [-0.1, -0.05) is 26.0 Å². The smallest absolute Gasteiger partial charge is 0.241 e. The van der Waals surface area contributed by atoms with Crippen LogP contribution < -0.4 is 15.4 Å². The lowest BCUT2D eigenvalue weighted by Crippen LogP contribution is -2.47. The van der Waals surface area contributed by atoms with Gasteiger partial charge in [0.05, 0.1) is 18.3 Å². The molecule has 1 aromatic rings. The van der Waals surface area contributed by atoms with Crippen molar-refractivity contribution in [2.24, 2.45) is 5.92 Å². The van der Waals surface area contributed by atoms with Crippen molar-refractivity contribution in [3.05, 3.63) is 24.3 Å². The SMILES string of the molecule is CC(C)COc1ccccc1NC(=O)C1CCCC(C)N1. The van der Waals surface area contributed by atoms with Crippen LogP contribution in [0.1, 0.15) is 40.0 Å². The van der Waals surface area contributed by atoms with Crippen LogP contribution in [-0.2, 0) is 4.79 Å². The molecule has 1 aliphatic heterocycles. The molecule has 21 heavy (non-hydrogen) atoms. The van der Waals surface area contributed by atoms with Gasteiger partial charge < -0.3 is 15.4 Å². The van der Waals surface area contributed by atoms with Crippen molar-refractivity contribution in [3.8, 4) is 5.75 Å². The second-order valence-corrected chi connectivity index (χ2v) is 6.24. The van der Waals surface area contributed by atoms with Gasteiger partial charge in [0.1, 0.15) is 5.75 Å². The fourth-order valence-corrected chi connectivity index (χ4v) is 2.52. The maximum atomic E-state index is 12.4. The summed E-state index contributed by atoms with van der Waals surface area (Å²) in [5, 5.41) is 6.35. The molecule has 2 N–H and O–H groups in total. The molecule has 4 nitrogen and oxygen atoms in total. The number of rotatable bonds is 5. The largest absolute Gasteiger partial charge is 0.491 e. The molecule has 0 saturated carbocycles. The van der Waals surface area contributed by atoms with E-state index in [9.17, 15) is 4.79 Å². The summed E-state index contributed by atoms with van der Waals surface area (Å²) < 4.78 is 5.77. The van der Waals surface area contributed by atoms with Gasteiger partial charge in [-0.3, -0.25) is 4.79 Å². The van der Waals surface area contributed by atoms with Crippen LogP contribution in [0, 0.1) is 5.92 Å². The standard InChI is InChI=1S/C17H26N2O2/c1-12(2)11-21-16-10-5-4-8-14(16)19-17(20)15-9-6-7-13(3)18-15/h4-5,8,10,12-13,15,18H,6-7,9,11H2,1-3H3,(H,19,20). The lowest BCUT2D eigenvalue weighted by molar-refractivity contribution is -0.118. The van der Waals surface area contributed by atoms with Crippen molar-refractivity contribution in [1.29, 1.82) is 0 Å². The van der Waals surface area contributed by atoms with E-state index in [1.165, 1.54) is 0 Å². The van der Waals surface area contributed by atoms with Gasteiger partial charge in [0, 0.05) is 6.04 Å². The Kier molecular flexibility index (Phi) is 5.62. The number of nitrogens with one attached hydrogen (secondary N) is 2. The average molecular weight is 290 g/mol. The first-order chi connectivity index (χ1) is 10.1. The summed E-state index contributed by atoms with van der Waals surface area (Å²) in [5.74, 6) is 1.22. The van der Waals surface area contributed by atoms with Crippen LogP contribution in [0.25, 0.3) is 0 Å². The molecule has 0 bridgehead atoms. The molecule has 0 radical (unpaired) electrons. The van der Waals surface area contributed by atoms with Crippen molar-refractivity contribution < 1.29 is 9.53 Å². The topological polar surface area (TPSA) is 50.4 Å². The third kappa shape index (κ3) is 4.74. The number of amides is 1. The van der Waals surface area contributed by atoms with Crippen LogP contribution >= 0.6 is 0 Å². The van der Waals surface area contributed by atoms with Crippen LogP contribution in [0.15, 0.2) is 24.3 Å². The summed E-state index contributed by atoms with van der Waals surface area (Å²) in [6.45, 7) is 6.98. The second-order valence-electron chi connectivity index (χ2n) is 6.24. The summed E-state index contributed by atoms with van der Waals surface area (Å²) in [5.41, 5.74) is 0.753. The lowest BCUT2D eigenvalue weighted by Gasteiger charge is -2.28. The molecule has 0 aromatic heterocycles. The van der Waals surface area contributed by atoms with Gasteiger partial charge in [-0.25, -0.2) is 0 Å². The predicted octanol–water partition coefficient (Wildman–Crippen LogP) is 3.19. The van der Waals surface area contributed by atoms with Crippen molar-refractivity contribution >= 4 is 11.6 Å². The van der Waals surface area contributed by atoms with E-state index in [2.05, 4.69) is 31.4 Å². The van der Waals surface area contributed by atoms with E-state index in [4.69, 9.17) is 4.74 Å². The molecule has 1 heterocycles. The normalized spacial score (nSPS) is 22.1. The van der Waals surface area contributed by atoms with Gasteiger partial charge in [-0.05, 0) is 44.2 Å². The zero-order valence-electron chi connectivity index (χ0n) is 13.2. The van der Waals surface area contributed by atoms with Gasteiger partial charge in [-0.2, -0.15) is 0 Å². The van der Waals surface area contributed by atoms with E-state index in [-0.39, 0.29) is 11.9 Å². The highest BCUT2D eigenvalue weighted by atomic mass is 16.5. The van der Waals surface area contributed by atoms with E-state index in [1.807, 2.05) is 24.3 Å². The molecule has 0 aliphatic carbocycles. The number of carbonyl (C=O) groups is 1. The van der Waals surface area contributed by atoms with Crippen LogP contribution in [0.5, 0.6) is 5.75 Å². The molecule has 4 heteroatoms. The number of carbonyl (C=O) groups excluding carboxylic acids is 1. The summed E-state index contributed by atoms with van der Waals surface area (Å²) in [4.78, 5) is 12.4. The van der Waals surface area contributed by atoms with Crippen molar-refractivity contribution in [2.75, 3.05) is 11.9 Å². The number of ether oxygens (including phenoxy) is 1. The van der Waals surface area contributed by atoms with E-state index < -0.39 is 0 Å². The first-order valence-corrected chi connectivity index (χ1v) is 7.85. The molecule has 2 atom stereocenters. The Bertz CT molecular complexity index is 474. The number of hydrogen-bond donors (Lipinski definition) is 2. The average Bonchev–Trinajstić information content (AvgIpc) is 2.46. The molecule has 2 rings (SSSR count). The Morgan fingerprint density at radius 2 is 2.14 bits per heavy atom. The predicted molar refractivity (Wildman–Crippen MR) is 85.6 cm³/mol. The van der Waals surface area contributed by atoms with E-state index >= 15 is 0 Å². The minimum Gasteiger partial charge on any atom is -0.491 e. The maximum Gasteiger partial charge on any atom is 0.241 e. The van der Waals surface area contributed by atoms with Crippen LogP contribution in [0.3, 0.4) is 0 Å². The molecule has 1 saturated heterocycles.